The first-order valence-corrected chi connectivity index (χ1v) is 8.04. The maximum absolute atomic E-state index is 12.1. The molecule has 2 atom stereocenters. The van der Waals surface area contributed by atoms with Gasteiger partial charge in [0.1, 0.15) is 6.10 Å². The first-order chi connectivity index (χ1) is 8.86. The van der Waals surface area contributed by atoms with E-state index in [-0.39, 0.29) is 6.10 Å². The van der Waals surface area contributed by atoms with Crippen molar-refractivity contribution in [3.05, 3.63) is 0 Å². The lowest BCUT2D eigenvalue weighted by Crippen LogP contribution is -2.33. The average Bonchev–Trinajstić information content (AvgIpc) is 2.40. The van der Waals surface area contributed by atoms with Crippen LogP contribution >= 0.6 is 0 Å². The monoisotopic (exact) mass is 252 g/mol. The number of rotatable bonds is 0. The van der Waals surface area contributed by atoms with Crippen molar-refractivity contribution in [2.45, 2.75) is 95.7 Å². The lowest BCUT2D eigenvalue weighted by atomic mass is 9.95. The topological polar surface area (TPSA) is 26.3 Å². The molecule has 2 rings (SSSR count). The van der Waals surface area contributed by atoms with E-state index in [1.165, 1.54) is 64.2 Å². The molecule has 2 fully saturated rings. The van der Waals surface area contributed by atoms with E-state index in [9.17, 15) is 4.79 Å². The minimum absolute atomic E-state index is 0.0632. The largest absolute Gasteiger partial charge is 0.367 e. The number of carbonyl (C=O) groups is 1. The van der Waals surface area contributed by atoms with Gasteiger partial charge in [0.25, 0.3) is 0 Å². The molecule has 0 saturated carbocycles. The van der Waals surface area contributed by atoms with Crippen LogP contribution in [0, 0.1) is 0 Å². The van der Waals surface area contributed by atoms with Gasteiger partial charge in [0.05, 0.1) is 6.10 Å². The molecule has 104 valence electrons. The SMILES string of the molecule is O=C1CCCCCCCCCCC2CCCC1O2. The minimum Gasteiger partial charge on any atom is -0.367 e. The average molecular weight is 252 g/mol. The molecule has 2 bridgehead atoms. The molecule has 2 nitrogen and oxygen atoms in total. The Morgan fingerprint density at radius 1 is 0.722 bits per heavy atom. The zero-order valence-electron chi connectivity index (χ0n) is 11.7. The lowest BCUT2D eigenvalue weighted by molar-refractivity contribution is -0.139. The zero-order chi connectivity index (χ0) is 12.6. The second-order valence-corrected chi connectivity index (χ2v) is 6.01. The molecule has 2 aliphatic heterocycles. The molecule has 0 N–H and O–H groups in total. The van der Waals surface area contributed by atoms with Gasteiger partial charge in [-0.2, -0.15) is 0 Å². The Hall–Kier alpha value is -0.370. The molecule has 0 aromatic rings. The number of fused-ring (bicyclic) bond motifs is 2. The van der Waals surface area contributed by atoms with Gasteiger partial charge < -0.3 is 4.74 Å². The fourth-order valence-electron chi connectivity index (χ4n) is 3.24. The summed E-state index contributed by atoms with van der Waals surface area (Å²) in [6.07, 6.45) is 15.9. The maximum atomic E-state index is 12.1. The third-order valence-electron chi connectivity index (χ3n) is 4.41. The van der Waals surface area contributed by atoms with Gasteiger partial charge >= 0.3 is 0 Å². The Balaban J connectivity index is 1.83. The Morgan fingerprint density at radius 2 is 1.33 bits per heavy atom. The molecule has 2 heterocycles. The number of ketones is 1. The van der Waals surface area contributed by atoms with Crippen LogP contribution in [0.25, 0.3) is 0 Å². The van der Waals surface area contributed by atoms with E-state index in [1.54, 1.807) is 0 Å². The fourth-order valence-corrected chi connectivity index (χ4v) is 3.24. The molecule has 2 saturated heterocycles. The van der Waals surface area contributed by atoms with E-state index in [1.807, 2.05) is 0 Å². The summed E-state index contributed by atoms with van der Waals surface area (Å²) in [5.41, 5.74) is 0. The third kappa shape index (κ3) is 4.72. The second-order valence-electron chi connectivity index (χ2n) is 6.01. The number of hydrogen-bond acceptors (Lipinski definition) is 2. The van der Waals surface area contributed by atoms with E-state index >= 15 is 0 Å². The summed E-state index contributed by atoms with van der Waals surface area (Å²) >= 11 is 0. The van der Waals surface area contributed by atoms with E-state index in [4.69, 9.17) is 4.74 Å². The Bertz CT molecular complexity index is 249. The summed E-state index contributed by atoms with van der Waals surface area (Å²) in [7, 11) is 0. The lowest BCUT2D eigenvalue weighted by Gasteiger charge is -2.29. The molecule has 0 aliphatic carbocycles. The molecule has 2 heteroatoms. The van der Waals surface area contributed by atoms with Gasteiger partial charge in [0.2, 0.25) is 0 Å². The zero-order valence-corrected chi connectivity index (χ0v) is 11.7. The highest BCUT2D eigenvalue weighted by atomic mass is 16.5. The summed E-state index contributed by atoms with van der Waals surface area (Å²) in [6.45, 7) is 0. The van der Waals surface area contributed by atoms with Crippen molar-refractivity contribution in [3.63, 3.8) is 0 Å². The molecule has 0 spiro atoms. The van der Waals surface area contributed by atoms with Crippen molar-refractivity contribution in [1.82, 2.24) is 0 Å². The van der Waals surface area contributed by atoms with Crippen LogP contribution < -0.4 is 0 Å². The first kappa shape index (κ1) is 14.0. The van der Waals surface area contributed by atoms with Gasteiger partial charge in [-0.15, -0.1) is 0 Å². The molecular weight excluding hydrogens is 224 g/mol. The summed E-state index contributed by atoms with van der Waals surface area (Å²) in [5, 5.41) is 0. The van der Waals surface area contributed by atoms with Crippen LogP contribution in [0.15, 0.2) is 0 Å². The van der Waals surface area contributed by atoms with E-state index in [2.05, 4.69) is 0 Å². The molecule has 2 unspecified atom stereocenters. The van der Waals surface area contributed by atoms with Crippen LogP contribution in [0.5, 0.6) is 0 Å². The van der Waals surface area contributed by atoms with Crippen LogP contribution in [-0.4, -0.2) is 18.0 Å². The second kappa shape index (κ2) is 7.93. The maximum Gasteiger partial charge on any atom is 0.161 e. The highest BCUT2D eigenvalue weighted by Gasteiger charge is 2.26. The van der Waals surface area contributed by atoms with Crippen LogP contribution in [0.3, 0.4) is 0 Å². The summed E-state index contributed by atoms with van der Waals surface area (Å²) in [6, 6.07) is 0. The molecule has 2 aliphatic rings. The van der Waals surface area contributed by atoms with E-state index in [0.29, 0.717) is 11.9 Å². The minimum atomic E-state index is -0.0632. The number of Topliss-reactive ketones (excluding diaryl/α,β-unsaturated/α-hetero) is 1. The highest BCUT2D eigenvalue weighted by Crippen LogP contribution is 2.25. The third-order valence-corrected chi connectivity index (χ3v) is 4.41. The number of carbonyl (C=O) groups excluding carboxylic acids is 1. The standard InChI is InChI=1S/C16H28O2/c17-15-12-8-6-4-2-1-3-5-7-10-14-11-9-13-16(15)18-14/h14,16H,1-13H2. The Morgan fingerprint density at radius 3 is 2.11 bits per heavy atom. The molecule has 0 aromatic heterocycles. The van der Waals surface area contributed by atoms with Crippen LogP contribution in [0.1, 0.15) is 83.5 Å². The smallest absolute Gasteiger partial charge is 0.161 e. The molecule has 0 amide bonds. The van der Waals surface area contributed by atoms with Crippen LogP contribution in [-0.2, 0) is 9.53 Å². The fraction of sp³-hybridized carbons (Fsp3) is 0.938. The highest BCUT2D eigenvalue weighted by molar-refractivity contribution is 5.83. The van der Waals surface area contributed by atoms with Crippen molar-refractivity contribution in [2.24, 2.45) is 0 Å². The first-order valence-electron chi connectivity index (χ1n) is 8.04. The Kier molecular flexibility index (Phi) is 6.19. The summed E-state index contributed by atoms with van der Waals surface area (Å²) < 4.78 is 5.99. The van der Waals surface area contributed by atoms with Crippen LogP contribution in [0.2, 0.25) is 0 Å². The predicted molar refractivity (Wildman–Crippen MR) is 73.7 cm³/mol. The van der Waals surface area contributed by atoms with E-state index < -0.39 is 0 Å². The number of hydrogen-bond donors (Lipinski definition) is 0. The quantitative estimate of drug-likeness (QED) is 0.638. The van der Waals surface area contributed by atoms with Gasteiger partial charge in [-0.3, -0.25) is 4.79 Å². The van der Waals surface area contributed by atoms with Crippen molar-refractivity contribution in [2.75, 3.05) is 0 Å². The Labute approximate surface area is 111 Å². The molecule has 18 heavy (non-hydrogen) atoms. The van der Waals surface area contributed by atoms with Crippen molar-refractivity contribution in [1.29, 1.82) is 0 Å². The normalized spacial score (nSPS) is 32.8. The van der Waals surface area contributed by atoms with Gasteiger partial charge in [-0.1, -0.05) is 44.9 Å². The van der Waals surface area contributed by atoms with Gasteiger partial charge in [0.15, 0.2) is 5.78 Å². The molecular formula is C16H28O2. The van der Waals surface area contributed by atoms with Gasteiger partial charge in [-0.25, -0.2) is 0 Å². The van der Waals surface area contributed by atoms with Gasteiger partial charge in [0, 0.05) is 6.42 Å². The van der Waals surface area contributed by atoms with Gasteiger partial charge in [-0.05, 0) is 32.1 Å². The number of ether oxygens (including phenoxy) is 1. The van der Waals surface area contributed by atoms with Crippen molar-refractivity contribution in [3.8, 4) is 0 Å². The predicted octanol–water partition coefficient (Wildman–Crippen LogP) is 4.41. The summed E-state index contributed by atoms with van der Waals surface area (Å²) in [5.74, 6) is 0.372. The molecule has 0 radical (unpaired) electrons. The molecule has 0 aromatic carbocycles. The van der Waals surface area contributed by atoms with Crippen molar-refractivity contribution >= 4 is 5.78 Å². The van der Waals surface area contributed by atoms with E-state index in [0.717, 1.165) is 19.3 Å². The van der Waals surface area contributed by atoms with Crippen LogP contribution in [0.4, 0.5) is 0 Å². The summed E-state index contributed by atoms with van der Waals surface area (Å²) in [4.78, 5) is 12.1. The van der Waals surface area contributed by atoms with Crippen molar-refractivity contribution < 1.29 is 9.53 Å².